The van der Waals surface area contributed by atoms with E-state index in [1.54, 1.807) is 0 Å². The summed E-state index contributed by atoms with van der Waals surface area (Å²) in [7, 11) is 2.08. The predicted octanol–water partition coefficient (Wildman–Crippen LogP) is 3.01. The molecule has 2 bridgehead atoms. The third-order valence-electron chi connectivity index (χ3n) is 7.31. The van der Waals surface area contributed by atoms with Gasteiger partial charge < -0.3 is 20.7 Å². The van der Waals surface area contributed by atoms with Crippen LogP contribution >= 0.6 is 0 Å². The Kier molecular flexibility index (Phi) is 4.54. The lowest BCUT2D eigenvalue weighted by molar-refractivity contribution is -0.127. The number of piperidine rings is 1. The zero-order valence-electron chi connectivity index (χ0n) is 17.1. The van der Waals surface area contributed by atoms with Crippen LogP contribution in [0.2, 0.25) is 0 Å². The maximum atomic E-state index is 12.8. The smallest absolute Gasteiger partial charge is 0.408 e. The molecule has 6 nitrogen and oxygen atoms in total. The zero-order chi connectivity index (χ0) is 20.9. The minimum absolute atomic E-state index is 0.0126. The van der Waals surface area contributed by atoms with Crippen LogP contribution in [-0.2, 0) is 9.53 Å². The van der Waals surface area contributed by atoms with Crippen LogP contribution in [0.1, 0.15) is 42.7 Å². The Morgan fingerprint density at radius 2 is 1.57 bits per heavy atom. The van der Waals surface area contributed by atoms with Crippen molar-refractivity contribution in [2.75, 3.05) is 13.7 Å². The van der Waals surface area contributed by atoms with E-state index in [4.69, 9.17) is 10.5 Å². The molecule has 3 N–H and O–H groups in total. The lowest BCUT2D eigenvalue weighted by Crippen LogP contribution is -2.64. The number of amides is 2. The van der Waals surface area contributed by atoms with E-state index in [2.05, 4.69) is 41.5 Å². The number of nitrogens with zero attached hydrogens (tertiary/aromatic N) is 1. The molecule has 0 saturated carbocycles. The summed E-state index contributed by atoms with van der Waals surface area (Å²) in [4.78, 5) is 27.4. The Balaban J connectivity index is 1.31. The largest absolute Gasteiger partial charge is 0.449 e. The van der Waals surface area contributed by atoms with Gasteiger partial charge in [-0.3, -0.25) is 4.79 Å². The molecule has 2 amide bonds. The molecule has 2 aromatic rings. The second-order valence-electron chi connectivity index (χ2n) is 8.86. The van der Waals surface area contributed by atoms with Crippen LogP contribution in [-0.4, -0.2) is 48.2 Å². The van der Waals surface area contributed by atoms with E-state index in [0.29, 0.717) is 12.8 Å². The minimum Gasteiger partial charge on any atom is -0.449 e. The van der Waals surface area contributed by atoms with Crippen LogP contribution in [0.4, 0.5) is 4.79 Å². The fourth-order valence-electron chi connectivity index (χ4n) is 5.66. The van der Waals surface area contributed by atoms with Gasteiger partial charge in [0.15, 0.2) is 0 Å². The maximum absolute atomic E-state index is 12.8. The van der Waals surface area contributed by atoms with E-state index in [0.717, 1.165) is 24.0 Å². The van der Waals surface area contributed by atoms with Crippen LogP contribution in [0.5, 0.6) is 0 Å². The maximum Gasteiger partial charge on any atom is 0.408 e. The highest BCUT2D eigenvalue weighted by Crippen LogP contribution is 2.44. The fraction of sp³-hybridized carbons (Fsp3) is 0.417. The summed E-state index contributed by atoms with van der Waals surface area (Å²) in [5.41, 5.74) is 9.43. The molecule has 2 fully saturated rings. The van der Waals surface area contributed by atoms with Crippen molar-refractivity contribution in [1.29, 1.82) is 0 Å². The molecule has 30 heavy (non-hydrogen) atoms. The van der Waals surface area contributed by atoms with E-state index in [1.165, 1.54) is 11.1 Å². The highest BCUT2D eigenvalue weighted by Gasteiger charge is 2.51. The van der Waals surface area contributed by atoms with E-state index in [1.807, 2.05) is 24.3 Å². The molecule has 2 aromatic carbocycles. The Morgan fingerprint density at radius 1 is 1.03 bits per heavy atom. The van der Waals surface area contributed by atoms with Crippen molar-refractivity contribution in [2.24, 2.45) is 5.73 Å². The summed E-state index contributed by atoms with van der Waals surface area (Å²) in [5, 5.41) is 2.86. The molecule has 3 aliphatic rings. The van der Waals surface area contributed by atoms with E-state index < -0.39 is 17.5 Å². The summed E-state index contributed by atoms with van der Waals surface area (Å²) < 4.78 is 5.66. The summed E-state index contributed by atoms with van der Waals surface area (Å²) in [5.74, 6) is -0.484. The molecule has 2 saturated heterocycles. The topological polar surface area (TPSA) is 84.7 Å². The summed E-state index contributed by atoms with van der Waals surface area (Å²) >= 11 is 0. The molecule has 2 heterocycles. The number of nitrogens with one attached hydrogen (secondary N) is 1. The van der Waals surface area contributed by atoms with Gasteiger partial charge in [-0.05, 0) is 55.0 Å². The quantitative estimate of drug-likeness (QED) is 0.819. The monoisotopic (exact) mass is 405 g/mol. The minimum atomic E-state index is -1.03. The Hall–Kier alpha value is -2.86. The molecular weight excluding hydrogens is 378 g/mol. The van der Waals surface area contributed by atoms with E-state index >= 15 is 0 Å². The van der Waals surface area contributed by atoms with Gasteiger partial charge in [0.1, 0.15) is 12.1 Å². The van der Waals surface area contributed by atoms with E-state index in [9.17, 15) is 9.59 Å². The molecule has 1 aliphatic carbocycles. The van der Waals surface area contributed by atoms with Crippen molar-refractivity contribution < 1.29 is 14.3 Å². The first-order valence-electron chi connectivity index (χ1n) is 10.6. The molecule has 156 valence electrons. The van der Waals surface area contributed by atoms with Crippen LogP contribution in [0.15, 0.2) is 48.5 Å². The number of carbonyl (C=O) groups excluding carboxylic acids is 2. The normalized spacial score (nSPS) is 27.4. The lowest BCUT2D eigenvalue weighted by Gasteiger charge is -2.43. The third kappa shape index (κ3) is 2.98. The van der Waals surface area contributed by atoms with Crippen molar-refractivity contribution in [1.82, 2.24) is 10.2 Å². The molecule has 6 heteroatoms. The van der Waals surface area contributed by atoms with Gasteiger partial charge in [-0.25, -0.2) is 4.79 Å². The molecule has 0 spiro atoms. The summed E-state index contributed by atoms with van der Waals surface area (Å²) in [6.07, 6.45) is 2.57. The second kappa shape index (κ2) is 7.13. The highest BCUT2D eigenvalue weighted by molar-refractivity contribution is 5.89. The second-order valence-corrected chi connectivity index (χ2v) is 8.86. The van der Waals surface area contributed by atoms with Crippen LogP contribution in [0, 0.1) is 0 Å². The number of carbonyl (C=O) groups is 2. The third-order valence-corrected chi connectivity index (χ3v) is 7.31. The standard InChI is InChI=1S/C24H27N3O3/c1-27-15-10-11-16(27)13-24(12-15,22(25)28)26-23(29)30-14-21-19-8-4-2-6-17(19)18-7-3-5-9-20(18)21/h2-9,15-16,21H,10-14H2,1H3,(H2,25,28)(H,26,29). The number of alkyl carbamates (subject to hydrolysis) is 1. The number of ether oxygens (including phenoxy) is 1. The van der Waals surface area contributed by atoms with Crippen LogP contribution in [0.25, 0.3) is 11.1 Å². The summed E-state index contributed by atoms with van der Waals surface area (Å²) in [6, 6.07) is 17.0. The molecule has 2 atom stereocenters. The van der Waals surface area contributed by atoms with Gasteiger partial charge in [-0.15, -0.1) is 0 Å². The van der Waals surface area contributed by atoms with Gasteiger partial charge in [0.2, 0.25) is 5.91 Å². The van der Waals surface area contributed by atoms with Crippen LogP contribution < -0.4 is 11.1 Å². The molecule has 2 unspecified atom stereocenters. The highest BCUT2D eigenvalue weighted by atomic mass is 16.5. The number of hydrogen-bond acceptors (Lipinski definition) is 4. The lowest BCUT2D eigenvalue weighted by atomic mass is 9.82. The zero-order valence-corrected chi connectivity index (χ0v) is 17.1. The van der Waals surface area contributed by atoms with Crippen molar-refractivity contribution in [3.63, 3.8) is 0 Å². The van der Waals surface area contributed by atoms with Crippen molar-refractivity contribution >= 4 is 12.0 Å². The van der Waals surface area contributed by atoms with Gasteiger partial charge in [0, 0.05) is 18.0 Å². The SMILES string of the molecule is CN1C2CCC1CC(NC(=O)OCC1c3ccccc3-c3ccccc31)(C(N)=O)C2. The number of nitrogens with two attached hydrogens (primary N) is 1. The number of fused-ring (bicyclic) bond motifs is 5. The first kappa shape index (κ1) is 19.1. The van der Waals surface area contributed by atoms with Gasteiger partial charge in [-0.2, -0.15) is 0 Å². The Labute approximate surface area is 176 Å². The van der Waals surface area contributed by atoms with Gasteiger partial charge in [-0.1, -0.05) is 48.5 Å². The van der Waals surface area contributed by atoms with Gasteiger partial charge in [0.05, 0.1) is 0 Å². The molecule has 5 rings (SSSR count). The molecule has 0 radical (unpaired) electrons. The molecule has 2 aliphatic heterocycles. The van der Waals surface area contributed by atoms with E-state index in [-0.39, 0.29) is 24.6 Å². The summed E-state index contributed by atoms with van der Waals surface area (Å²) in [6.45, 7) is 0.224. The van der Waals surface area contributed by atoms with Crippen molar-refractivity contribution in [3.05, 3.63) is 59.7 Å². The van der Waals surface area contributed by atoms with Gasteiger partial charge in [0.25, 0.3) is 0 Å². The first-order chi connectivity index (χ1) is 14.5. The number of benzene rings is 2. The van der Waals surface area contributed by atoms with Crippen LogP contribution in [0.3, 0.4) is 0 Å². The van der Waals surface area contributed by atoms with Gasteiger partial charge >= 0.3 is 6.09 Å². The number of hydrogen-bond donors (Lipinski definition) is 2. The van der Waals surface area contributed by atoms with Crippen molar-refractivity contribution in [3.8, 4) is 11.1 Å². The van der Waals surface area contributed by atoms with Crippen molar-refractivity contribution in [2.45, 2.75) is 49.2 Å². The first-order valence-corrected chi connectivity index (χ1v) is 10.6. The number of rotatable bonds is 4. The molecular formula is C24H27N3O3. The Bertz CT molecular complexity index is 945. The number of primary amides is 1. The predicted molar refractivity (Wildman–Crippen MR) is 114 cm³/mol. The average Bonchev–Trinajstić information content (AvgIpc) is 3.15. The fourth-order valence-corrected chi connectivity index (χ4v) is 5.66. The average molecular weight is 405 g/mol. The molecule has 0 aromatic heterocycles. The Morgan fingerprint density at radius 3 is 2.10 bits per heavy atom.